The molecule has 32 heavy (non-hydrogen) atoms. The van der Waals surface area contributed by atoms with Crippen molar-refractivity contribution in [3.63, 3.8) is 0 Å². The number of nitrogens with zero attached hydrogens (tertiary/aromatic N) is 1. The number of carbonyl (C=O) groups excluding carboxylic acids is 2. The van der Waals surface area contributed by atoms with Crippen molar-refractivity contribution in [2.75, 3.05) is 20.8 Å². The third-order valence-corrected chi connectivity index (χ3v) is 7.14. The van der Waals surface area contributed by atoms with E-state index in [4.69, 9.17) is 18.9 Å². The van der Waals surface area contributed by atoms with Gasteiger partial charge in [-0.1, -0.05) is 24.3 Å². The van der Waals surface area contributed by atoms with E-state index in [9.17, 15) is 9.59 Å². The summed E-state index contributed by atoms with van der Waals surface area (Å²) in [6, 6.07) is 12.4. The average molecular weight is 433 g/mol. The van der Waals surface area contributed by atoms with Crippen LogP contribution in [-0.2, 0) is 14.3 Å². The molecule has 4 heterocycles. The van der Waals surface area contributed by atoms with Gasteiger partial charge in [0.25, 0.3) is 0 Å². The van der Waals surface area contributed by atoms with Crippen molar-refractivity contribution >= 4 is 17.6 Å². The van der Waals surface area contributed by atoms with Crippen LogP contribution in [0.15, 0.2) is 48.7 Å². The van der Waals surface area contributed by atoms with E-state index >= 15 is 0 Å². The van der Waals surface area contributed by atoms with Crippen LogP contribution in [0, 0.1) is 11.8 Å². The van der Waals surface area contributed by atoms with Gasteiger partial charge in [0.2, 0.25) is 6.29 Å². The lowest BCUT2D eigenvalue weighted by molar-refractivity contribution is -0.164. The molecule has 0 N–H and O–H groups in total. The molecule has 0 amide bonds. The van der Waals surface area contributed by atoms with Crippen molar-refractivity contribution in [3.05, 3.63) is 65.4 Å². The number of methoxy groups -OCH3 is 2. The average Bonchev–Trinajstić information content (AvgIpc) is 3.43. The molecule has 6 atom stereocenters. The van der Waals surface area contributed by atoms with E-state index in [0.29, 0.717) is 23.7 Å². The third kappa shape index (κ3) is 2.61. The molecule has 3 saturated heterocycles. The van der Waals surface area contributed by atoms with Gasteiger partial charge < -0.3 is 23.8 Å². The van der Waals surface area contributed by atoms with Gasteiger partial charge in [-0.25, -0.2) is 0 Å². The summed E-state index contributed by atoms with van der Waals surface area (Å²) in [5.41, 5.74) is 2.63. The second kappa shape index (κ2) is 7.18. The second-order valence-electron chi connectivity index (χ2n) is 8.56. The SMILES string of the molecule is COc1ccc(C(=O)[C@H]2[C@@H]3[C@@H](C(=O)[C@@H]4OC[C@@H]3O4)[C@@H]3c4ccccc4C=CN23)cc1OC. The zero-order valence-corrected chi connectivity index (χ0v) is 17.8. The molecule has 0 unspecified atom stereocenters. The van der Waals surface area contributed by atoms with Gasteiger partial charge in [0.1, 0.15) is 0 Å². The molecule has 0 saturated carbocycles. The van der Waals surface area contributed by atoms with E-state index in [1.165, 1.54) is 0 Å². The molecule has 2 bridgehead atoms. The van der Waals surface area contributed by atoms with Crippen LogP contribution >= 0.6 is 0 Å². The van der Waals surface area contributed by atoms with Crippen LogP contribution in [0.5, 0.6) is 11.5 Å². The Morgan fingerprint density at radius 1 is 1.09 bits per heavy atom. The highest BCUT2D eigenvalue weighted by Crippen LogP contribution is 2.54. The van der Waals surface area contributed by atoms with Crippen molar-refractivity contribution in [1.82, 2.24) is 4.90 Å². The molecule has 6 rings (SSSR count). The van der Waals surface area contributed by atoms with Crippen molar-refractivity contribution < 1.29 is 28.5 Å². The third-order valence-electron chi connectivity index (χ3n) is 7.14. The lowest BCUT2D eigenvalue weighted by Gasteiger charge is -2.34. The number of fused-ring (bicyclic) bond motifs is 8. The minimum absolute atomic E-state index is 0.0748. The maximum absolute atomic E-state index is 13.9. The normalized spacial score (nSPS) is 31.7. The van der Waals surface area contributed by atoms with Crippen LogP contribution < -0.4 is 9.47 Å². The fourth-order valence-corrected chi connectivity index (χ4v) is 5.78. The Bertz CT molecular complexity index is 1140. The Balaban J connectivity index is 1.47. The molecule has 0 radical (unpaired) electrons. The lowest BCUT2D eigenvalue weighted by atomic mass is 9.75. The predicted octanol–water partition coefficient (Wildman–Crippen LogP) is 2.85. The molecule has 164 valence electrons. The molecular weight excluding hydrogens is 410 g/mol. The number of carbonyl (C=O) groups is 2. The van der Waals surface area contributed by atoms with Gasteiger partial charge in [0.15, 0.2) is 23.1 Å². The molecule has 4 aliphatic heterocycles. The van der Waals surface area contributed by atoms with Crippen molar-refractivity contribution in [2.45, 2.75) is 24.5 Å². The maximum atomic E-state index is 13.9. The first kappa shape index (κ1) is 19.5. The Hall–Kier alpha value is -3.16. The fourth-order valence-electron chi connectivity index (χ4n) is 5.78. The van der Waals surface area contributed by atoms with Gasteiger partial charge in [-0.3, -0.25) is 9.59 Å². The second-order valence-corrected chi connectivity index (χ2v) is 8.56. The number of Topliss-reactive ketones (excluding diaryl/α,β-unsaturated/α-hetero) is 2. The van der Waals surface area contributed by atoms with Gasteiger partial charge in [0.05, 0.1) is 44.9 Å². The summed E-state index contributed by atoms with van der Waals surface area (Å²) in [5.74, 6) is 0.218. The van der Waals surface area contributed by atoms with Crippen LogP contribution in [0.3, 0.4) is 0 Å². The number of hydrogen-bond acceptors (Lipinski definition) is 7. The molecule has 7 nitrogen and oxygen atoms in total. The molecule has 3 fully saturated rings. The van der Waals surface area contributed by atoms with E-state index in [-0.39, 0.29) is 35.5 Å². The van der Waals surface area contributed by atoms with Crippen LogP contribution in [0.4, 0.5) is 0 Å². The van der Waals surface area contributed by atoms with Crippen LogP contribution in [-0.4, -0.2) is 55.7 Å². The van der Waals surface area contributed by atoms with Crippen molar-refractivity contribution in [3.8, 4) is 11.5 Å². The largest absolute Gasteiger partial charge is 0.493 e. The van der Waals surface area contributed by atoms with Crippen LogP contribution in [0.2, 0.25) is 0 Å². The van der Waals surface area contributed by atoms with Gasteiger partial charge in [-0.15, -0.1) is 0 Å². The molecule has 0 aromatic heterocycles. The molecule has 0 aliphatic carbocycles. The highest BCUT2D eigenvalue weighted by molar-refractivity contribution is 6.02. The first-order valence-corrected chi connectivity index (χ1v) is 10.7. The zero-order chi connectivity index (χ0) is 22.0. The summed E-state index contributed by atoms with van der Waals surface area (Å²) < 4.78 is 22.3. The Morgan fingerprint density at radius 3 is 2.72 bits per heavy atom. The lowest BCUT2D eigenvalue weighted by Crippen LogP contribution is -2.48. The summed E-state index contributed by atoms with van der Waals surface area (Å²) in [6.45, 7) is 0.319. The number of rotatable bonds is 4. The van der Waals surface area contributed by atoms with Crippen LogP contribution in [0.25, 0.3) is 6.08 Å². The van der Waals surface area contributed by atoms with Gasteiger partial charge in [0, 0.05) is 17.7 Å². The molecule has 7 heteroatoms. The number of hydrogen-bond donors (Lipinski definition) is 0. The highest BCUT2D eigenvalue weighted by Gasteiger charge is 2.63. The number of benzene rings is 2. The minimum Gasteiger partial charge on any atom is -0.493 e. The van der Waals surface area contributed by atoms with E-state index in [1.54, 1.807) is 32.4 Å². The van der Waals surface area contributed by atoms with E-state index in [2.05, 4.69) is 4.90 Å². The van der Waals surface area contributed by atoms with Gasteiger partial charge in [-0.05, 0) is 35.4 Å². The monoisotopic (exact) mass is 433 g/mol. The molecule has 2 aromatic carbocycles. The number of ether oxygens (including phenoxy) is 4. The summed E-state index contributed by atoms with van der Waals surface area (Å²) in [7, 11) is 3.10. The quantitative estimate of drug-likeness (QED) is 0.687. The Labute approximate surface area is 185 Å². The molecular formula is C25H23NO6. The van der Waals surface area contributed by atoms with Gasteiger partial charge in [-0.2, -0.15) is 0 Å². The Kier molecular flexibility index (Phi) is 4.38. The standard InChI is InChI=1S/C25H23NO6/c1-29-16-8-7-14(11-17(16)30-2)23(27)22-19-18-12-31-25(32-18)24(28)20(19)21-15-6-4-3-5-13(15)9-10-26(21)22/h3-11,18-22,25H,12H2,1-2H3/t18-,19-,20+,21-,22+,25+/m0/s1. The summed E-state index contributed by atoms with van der Waals surface area (Å²) in [6.07, 6.45) is 2.83. The maximum Gasteiger partial charge on any atom is 0.218 e. The topological polar surface area (TPSA) is 74.3 Å². The summed E-state index contributed by atoms with van der Waals surface area (Å²) >= 11 is 0. The molecule has 0 spiro atoms. The fraction of sp³-hybridized carbons (Fsp3) is 0.360. The van der Waals surface area contributed by atoms with E-state index in [0.717, 1.165) is 11.1 Å². The Morgan fingerprint density at radius 2 is 1.91 bits per heavy atom. The molecule has 2 aromatic rings. The first-order valence-electron chi connectivity index (χ1n) is 10.7. The predicted molar refractivity (Wildman–Crippen MR) is 114 cm³/mol. The van der Waals surface area contributed by atoms with Crippen molar-refractivity contribution in [2.24, 2.45) is 11.8 Å². The van der Waals surface area contributed by atoms with Gasteiger partial charge >= 0.3 is 0 Å². The van der Waals surface area contributed by atoms with E-state index in [1.807, 2.05) is 36.5 Å². The summed E-state index contributed by atoms with van der Waals surface area (Å²) in [4.78, 5) is 29.4. The minimum atomic E-state index is -0.837. The zero-order valence-electron chi connectivity index (χ0n) is 17.8. The summed E-state index contributed by atoms with van der Waals surface area (Å²) in [5, 5.41) is 0. The van der Waals surface area contributed by atoms with E-state index < -0.39 is 12.3 Å². The first-order chi connectivity index (χ1) is 15.6. The highest BCUT2D eigenvalue weighted by atomic mass is 16.7. The smallest absolute Gasteiger partial charge is 0.218 e. The van der Waals surface area contributed by atoms with Crippen LogP contribution in [0.1, 0.15) is 27.5 Å². The number of ketones is 2. The van der Waals surface area contributed by atoms with Crippen molar-refractivity contribution in [1.29, 1.82) is 0 Å². The molecule has 4 aliphatic rings.